The van der Waals surface area contributed by atoms with Crippen LogP contribution in [0.4, 0.5) is 11.4 Å². The lowest BCUT2D eigenvalue weighted by Gasteiger charge is -2.34. The van der Waals surface area contributed by atoms with E-state index in [9.17, 15) is 4.79 Å². The van der Waals surface area contributed by atoms with Gasteiger partial charge in [-0.2, -0.15) is 5.10 Å². The Labute approximate surface area is 176 Å². The number of amides is 1. The Bertz CT molecular complexity index is 1050. The Morgan fingerprint density at radius 3 is 2.57 bits per heavy atom. The minimum atomic E-state index is -0.435. The molecule has 0 aliphatic carbocycles. The number of hydrogen-bond acceptors (Lipinski definition) is 6. The molecule has 1 fully saturated rings. The Kier molecular flexibility index (Phi) is 5.59. The first-order valence-electron chi connectivity index (χ1n) is 10.3. The van der Waals surface area contributed by atoms with E-state index in [0.29, 0.717) is 6.41 Å². The minimum absolute atomic E-state index is 0.435. The van der Waals surface area contributed by atoms with Gasteiger partial charge in [-0.1, -0.05) is 0 Å². The highest BCUT2D eigenvalue weighted by Gasteiger charge is 2.18. The van der Waals surface area contributed by atoms with Crippen LogP contribution in [0.1, 0.15) is 28.8 Å². The van der Waals surface area contributed by atoms with Crippen molar-refractivity contribution in [1.29, 1.82) is 0 Å². The number of aromatic nitrogens is 3. The van der Waals surface area contributed by atoms with E-state index in [1.54, 1.807) is 0 Å². The van der Waals surface area contributed by atoms with Gasteiger partial charge in [-0.3, -0.25) is 9.78 Å². The summed E-state index contributed by atoms with van der Waals surface area (Å²) in [6.45, 7) is 10.2. The highest BCUT2D eigenvalue weighted by Crippen LogP contribution is 2.26. The van der Waals surface area contributed by atoms with E-state index in [1.165, 1.54) is 5.69 Å². The molecule has 158 valence electrons. The SMILES string of the molecule is Cc1cn2nc(C(NC=O)Nc3ccc(N4CCN(C)CC4)cc3C)cc2c(C)n1. The second-order valence-electron chi connectivity index (χ2n) is 8.02. The average Bonchev–Trinajstić information content (AvgIpc) is 3.14. The molecule has 4 rings (SSSR count). The molecule has 0 bridgehead atoms. The molecule has 3 aromatic rings. The van der Waals surface area contributed by atoms with E-state index in [-0.39, 0.29) is 0 Å². The second kappa shape index (κ2) is 8.31. The van der Waals surface area contributed by atoms with Crippen molar-refractivity contribution in [3.8, 4) is 0 Å². The summed E-state index contributed by atoms with van der Waals surface area (Å²) in [6.07, 6.45) is 2.15. The summed E-state index contributed by atoms with van der Waals surface area (Å²) in [4.78, 5) is 20.5. The van der Waals surface area contributed by atoms with Crippen LogP contribution in [-0.2, 0) is 4.79 Å². The molecule has 1 aromatic carbocycles. The van der Waals surface area contributed by atoms with Crippen molar-refractivity contribution in [2.45, 2.75) is 26.9 Å². The molecule has 0 radical (unpaired) electrons. The van der Waals surface area contributed by atoms with Crippen molar-refractivity contribution < 1.29 is 4.79 Å². The fraction of sp³-hybridized carbons (Fsp3) is 0.409. The van der Waals surface area contributed by atoms with E-state index in [0.717, 1.165) is 60.0 Å². The monoisotopic (exact) mass is 407 g/mol. The van der Waals surface area contributed by atoms with Gasteiger partial charge >= 0.3 is 0 Å². The van der Waals surface area contributed by atoms with Crippen molar-refractivity contribution in [3.05, 3.63) is 53.1 Å². The summed E-state index contributed by atoms with van der Waals surface area (Å²) in [5.74, 6) is 0. The summed E-state index contributed by atoms with van der Waals surface area (Å²) < 4.78 is 1.82. The van der Waals surface area contributed by atoms with E-state index in [4.69, 9.17) is 0 Å². The number of hydrogen-bond donors (Lipinski definition) is 2. The number of carbonyl (C=O) groups excluding carboxylic acids is 1. The molecular formula is C22H29N7O. The molecule has 1 aliphatic rings. The lowest BCUT2D eigenvalue weighted by atomic mass is 10.1. The second-order valence-corrected chi connectivity index (χ2v) is 8.02. The van der Waals surface area contributed by atoms with Gasteiger partial charge in [-0.15, -0.1) is 0 Å². The highest BCUT2D eigenvalue weighted by molar-refractivity contribution is 5.62. The van der Waals surface area contributed by atoms with Gasteiger partial charge in [0.1, 0.15) is 11.9 Å². The molecule has 1 aliphatic heterocycles. The van der Waals surface area contributed by atoms with Crippen LogP contribution >= 0.6 is 0 Å². The van der Waals surface area contributed by atoms with E-state index < -0.39 is 6.17 Å². The molecule has 1 unspecified atom stereocenters. The summed E-state index contributed by atoms with van der Waals surface area (Å²) >= 11 is 0. The molecule has 1 saturated heterocycles. The maximum Gasteiger partial charge on any atom is 0.209 e. The molecule has 3 heterocycles. The number of aryl methyl sites for hydroxylation is 3. The number of fused-ring (bicyclic) bond motifs is 1. The zero-order valence-corrected chi connectivity index (χ0v) is 18.0. The molecule has 2 N–H and O–H groups in total. The molecular weight excluding hydrogens is 378 g/mol. The molecule has 8 heteroatoms. The third-order valence-corrected chi connectivity index (χ3v) is 5.69. The molecule has 2 aromatic heterocycles. The summed E-state index contributed by atoms with van der Waals surface area (Å²) in [6, 6.07) is 8.38. The fourth-order valence-corrected chi connectivity index (χ4v) is 3.95. The highest BCUT2D eigenvalue weighted by atomic mass is 16.1. The zero-order valence-electron chi connectivity index (χ0n) is 18.0. The van der Waals surface area contributed by atoms with Crippen molar-refractivity contribution >= 4 is 23.3 Å². The van der Waals surface area contributed by atoms with Crippen LogP contribution in [0.3, 0.4) is 0 Å². The van der Waals surface area contributed by atoms with Gasteiger partial charge in [0.05, 0.1) is 23.1 Å². The fourth-order valence-electron chi connectivity index (χ4n) is 3.95. The van der Waals surface area contributed by atoms with Crippen molar-refractivity contribution in [2.75, 3.05) is 43.4 Å². The predicted molar refractivity (Wildman–Crippen MR) is 119 cm³/mol. The molecule has 30 heavy (non-hydrogen) atoms. The average molecular weight is 408 g/mol. The number of nitrogens with zero attached hydrogens (tertiary/aromatic N) is 5. The first-order valence-corrected chi connectivity index (χ1v) is 10.3. The van der Waals surface area contributed by atoms with Crippen molar-refractivity contribution in [1.82, 2.24) is 24.8 Å². The quantitative estimate of drug-likeness (QED) is 0.482. The summed E-state index contributed by atoms with van der Waals surface area (Å²) in [5, 5.41) is 10.9. The lowest BCUT2D eigenvalue weighted by molar-refractivity contribution is -0.110. The number of anilines is 2. The number of likely N-dealkylation sites (N-methyl/N-ethyl adjacent to an activating group) is 1. The Morgan fingerprint density at radius 2 is 1.87 bits per heavy atom. The number of benzene rings is 1. The van der Waals surface area contributed by atoms with Gasteiger partial charge in [0, 0.05) is 37.6 Å². The van der Waals surface area contributed by atoms with Gasteiger partial charge in [-0.05, 0) is 57.6 Å². The van der Waals surface area contributed by atoms with Crippen molar-refractivity contribution in [3.63, 3.8) is 0 Å². The van der Waals surface area contributed by atoms with E-state index in [2.05, 4.69) is 62.7 Å². The Balaban J connectivity index is 1.57. The number of carbonyl (C=O) groups is 1. The van der Waals surface area contributed by atoms with Gasteiger partial charge in [0.25, 0.3) is 0 Å². The van der Waals surface area contributed by atoms with Gasteiger partial charge in [0.15, 0.2) is 0 Å². The lowest BCUT2D eigenvalue weighted by Crippen LogP contribution is -2.44. The maximum atomic E-state index is 11.3. The molecule has 8 nitrogen and oxygen atoms in total. The van der Waals surface area contributed by atoms with Crippen LogP contribution in [0, 0.1) is 20.8 Å². The molecule has 0 saturated carbocycles. The molecule has 1 atom stereocenters. The third kappa shape index (κ3) is 4.09. The number of nitrogens with one attached hydrogen (secondary N) is 2. The van der Waals surface area contributed by atoms with E-state index in [1.807, 2.05) is 30.6 Å². The van der Waals surface area contributed by atoms with Crippen LogP contribution in [0.2, 0.25) is 0 Å². The number of rotatable bonds is 6. The third-order valence-electron chi connectivity index (χ3n) is 5.69. The largest absolute Gasteiger partial charge is 0.369 e. The van der Waals surface area contributed by atoms with Gasteiger partial charge < -0.3 is 20.4 Å². The molecule has 1 amide bonds. The predicted octanol–water partition coefficient (Wildman–Crippen LogP) is 2.26. The first-order chi connectivity index (χ1) is 14.4. The summed E-state index contributed by atoms with van der Waals surface area (Å²) in [5.41, 5.74) is 6.80. The van der Waals surface area contributed by atoms with Crippen LogP contribution < -0.4 is 15.5 Å². The van der Waals surface area contributed by atoms with Crippen LogP contribution in [0.15, 0.2) is 30.5 Å². The minimum Gasteiger partial charge on any atom is -0.369 e. The van der Waals surface area contributed by atoms with E-state index >= 15 is 0 Å². The maximum absolute atomic E-state index is 11.3. The topological polar surface area (TPSA) is 77.8 Å². The standard InChI is InChI=1S/C22H29N7O/c1-15-11-18(28-9-7-27(4)8-10-28)5-6-19(15)25-22(23-14-30)20-12-21-17(3)24-16(2)13-29(21)26-20/h5-6,11-14,22,25H,7-10H2,1-4H3,(H,23,30). The van der Waals surface area contributed by atoms with Gasteiger partial charge in [-0.25, -0.2) is 4.52 Å². The van der Waals surface area contributed by atoms with Crippen molar-refractivity contribution in [2.24, 2.45) is 0 Å². The smallest absolute Gasteiger partial charge is 0.209 e. The van der Waals surface area contributed by atoms with Crippen LogP contribution in [-0.4, -0.2) is 59.1 Å². The van der Waals surface area contributed by atoms with Gasteiger partial charge in [0.2, 0.25) is 6.41 Å². The van der Waals surface area contributed by atoms with Crippen LogP contribution in [0.25, 0.3) is 5.52 Å². The molecule has 0 spiro atoms. The Hall–Kier alpha value is -3.13. The summed E-state index contributed by atoms with van der Waals surface area (Å²) in [7, 11) is 2.16. The van der Waals surface area contributed by atoms with Crippen LogP contribution in [0.5, 0.6) is 0 Å². The zero-order chi connectivity index (χ0) is 21.3. The number of piperazine rings is 1. The Morgan fingerprint density at radius 1 is 1.10 bits per heavy atom. The normalized spacial score (nSPS) is 15.9. The first kappa shape index (κ1) is 20.2.